The van der Waals surface area contributed by atoms with E-state index < -0.39 is 0 Å². The van der Waals surface area contributed by atoms with Crippen LogP contribution in [0.2, 0.25) is 0 Å². The summed E-state index contributed by atoms with van der Waals surface area (Å²) in [7, 11) is 0. The number of rotatable bonds is 1. The quantitative estimate of drug-likeness (QED) is 0.636. The molecule has 1 aromatic heterocycles. The fourth-order valence-corrected chi connectivity index (χ4v) is 1.32. The van der Waals surface area contributed by atoms with Gasteiger partial charge in [0.05, 0.1) is 6.33 Å². The van der Waals surface area contributed by atoms with Crippen LogP contribution in [-0.2, 0) is 0 Å². The first-order chi connectivity index (χ1) is 6.36. The molecule has 0 radical (unpaired) electrons. The topological polar surface area (TPSA) is 17.8 Å². The first kappa shape index (κ1) is 8.05. The first-order valence-electron chi connectivity index (χ1n) is 4.39. The Balaban J connectivity index is 2.28. The van der Waals surface area contributed by atoms with Crippen molar-refractivity contribution in [2.75, 3.05) is 0 Å². The highest BCUT2D eigenvalue weighted by Gasteiger charge is 1.96. The van der Waals surface area contributed by atoms with E-state index in [0.29, 0.717) is 0 Å². The second-order valence-corrected chi connectivity index (χ2v) is 3.12. The molecule has 0 saturated carbocycles. The third-order valence-electron chi connectivity index (χ3n) is 2.09. The zero-order chi connectivity index (χ0) is 9.10. The summed E-state index contributed by atoms with van der Waals surface area (Å²) >= 11 is 0. The number of hydrogen-bond acceptors (Lipinski definition) is 1. The Morgan fingerprint density at radius 3 is 3.00 bits per heavy atom. The van der Waals surface area contributed by atoms with E-state index >= 15 is 0 Å². The Morgan fingerprint density at radius 2 is 2.23 bits per heavy atom. The molecule has 1 aromatic rings. The van der Waals surface area contributed by atoms with E-state index in [9.17, 15) is 0 Å². The van der Waals surface area contributed by atoms with Crippen molar-refractivity contribution in [1.82, 2.24) is 9.55 Å². The molecule has 2 nitrogen and oxygen atoms in total. The third kappa shape index (κ3) is 1.78. The highest BCUT2D eigenvalue weighted by molar-refractivity contribution is 5.59. The molecule has 0 fully saturated rings. The van der Waals surface area contributed by atoms with Crippen LogP contribution < -0.4 is 0 Å². The van der Waals surface area contributed by atoms with Crippen LogP contribution in [0.5, 0.6) is 0 Å². The SMILES string of the molecule is CC1=CCC=C(n2ccnc2)C=C1. The van der Waals surface area contributed by atoms with Gasteiger partial charge in [-0.05, 0) is 19.4 Å². The van der Waals surface area contributed by atoms with Crippen LogP contribution >= 0.6 is 0 Å². The van der Waals surface area contributed by atoms with Crippen molar-refractivity contribution >= 4 is 5.70 Å². The van der Waals surface area contributed by atoms with Gasteiger partial charge < -0.3 is 4.57 Å². The van der Waals surface area contributed by atoms with E-state index in [1.807, 2.05) is 17.1 Å². The smallest absolute Gasteiger partial charge is 0.0991 e. The van der Waals surface area contributed by atoms with Gasteiger partial charge in [0.25, 0.3) is 0 Å². The molecule has 0 saturated heterocycles. The molecule has 0 atom stereocenters. The molecule has 1 aliphatic carbocycles. The minimum absolute atomic E-state index is 0.992. The number of nitrogens with zero attached hydrogens (tertiary/aromatic N) is 2. The van der Waals surface area contributed by atoms with Crippen LogP contribution in [0.3, 0.4) is 0 Å². The van der Waals surface area contributed by atoms with Crippen molar-refractivity contribution in [3.05, 3.63) is 48.6 Å². The highest BCUT2D eigenvalue weighted by atomic mass is 15.0. The Kier molecular flexibility index (Phi) is 2.13. The van der Waals surface area contributed by atoms with Gasteiger partial charge in [0.1, 0.15) is 0 Å². The third-order valence-corrected chi connectivity index (χ3v) is 2.09. The summed E-state index contributed by atoms with van der Waals surface area (Å²) in [6.45, 7) is 2.11. The number of aromatic nitrogens is 2. The molecule has 0 unspecified atom stereocenters. The molecule has 2 rings (SSSR count). The maximum absolute atomic E-state index is 4.02. The van der Waals surface area contributed by atoms with Crippen molar-refractivity contribution < 1.29 is 0 Å². The molecular weight excluding hydrogens is 160 g/mol. The minimum atomic E-state index is 0.992. The minimum Gasteiger partial charge on any atom is -0.307 e. The van der Waals surface area contributed by atoms with Crippen molar-refractivity contribution in [2.45, 2.75) is 13.3 Å². The molecule has 0 aliphatic heterocycles. The molecule has 0 spiro atoms. The van der Waals surface area contributed by atoms with Crippen molar-refractivity contribution in [1.29, 1.82) is 0 Å². The number of hydrogen-bond donors (Lipinski definition) is 0. The van der Waals surface area contributed by atoms with E-state index in [1.165, 1.54) is 11.3 Å². The van der Waals surface area contributed by atoms with E-state index in [0.717, 1.165) is 6.42 Å². The van der Waals surface area contributed by atoms with Crippen LogP contribution in [0.1, 0.15) is 13.3 Å². The average molecular weight is 172 g/mol. The molecule has 1 aliphatic rings. The van der Waals surface area contributed by atoms with Gasteiger partial charge in [0.2, 0.25) is 0 Å². The van der Waals surface area contributed by atoms with Crippen LogP contribution in [0.15, 0.2) is 48.6 Å². The highest BCUT2D eigenvalue weighted by Crippen LogP contribution is 2.13. The zero-order valence-electron chi connectivity index (χ0n) is 7.64. The second kappa shape index (κ2) is 3.44. The first-order valence-corrected chi connectivity index (χ1v) is 4.39. The molecule has 0 amide bonds. The van der Waals surface area contributed by atoms with Crippen LogP contribution in [0.4, 0.5) is 0 Å². The molecule has 0 bridgehead atoms. The largest absolute Gasteiger partial charge is 0.307 e. The summed E-state index contributed by atoms with van der Waals surface area (Å²) in [5.74, 6) is 0. The fourth-order valence-electron chi connectivity index (χ4n) is 1.32. The van der Waals surface area contributed by atoms with Gasteiger partial charge in [0, 0.05) is 18.1 Å². The predicted molar refractivity (Wildman–Crippen MR) is 54.0 cm³/mol. The van der Waals surface area contributed by atoms with E-state index in [4.69, 9.17) is 0 Å². The average Bonchev–Trinajstić information content (AvgIpc) is 2.56. The van der Waals surface area contributed by atoms with Gasteiger partial charge in [-0.3, -0.25) is 0 Å². The van der Waals surface area contributed by atoms with E-state index in [2.05, 4.69) is 36.2 Å². The maximum atomic E-state index is 4.02. The molecule has 0 N–H and O–H groups in total. The Hall–Kier alpha value is -1.57. The molecule has 2 heteroatoms. The Morgan fingerprint density at radius 1 is 1.31 bits per heavy atom. The monoisotopic (exact) mass is 172 g/mol. The lowest BCUT2D eigenvalue weighted by atomic mass is 10.2. The lowest BCUT2D eigenvalue weighted by Crippen LogP contribution is -1.89. The molecular formula is C11H12N2. The summed E-state index contributed by atoms with van der Waals surface area (Å²) in [5.41, 5.74) is 2.50. The second-order valence-electron chi connectivity index (χ2n) is 3.12. The van der Waals surface area contributed by atoms with Crippen molar-refractivity contribution in [2.24, 2.45) is 0 Å². The van der Waals surface area contributed by atoms with Gasteiger partial charge in [-0.2, -0.15) is 0 Å². The van der Waals surface area contributed by atoms with Crippen molar-refractivity contribution in [3.8, 4) is 0 Å². The zero-order valence-corrected chi connectivity index (χ0v) is 7.64. The molecule has 1 heterocycles. The van der Waals surface area contributed by atoms with Crippen LogP contribution in [-0.4, -0.2) is 9.55 Å². The van der Waals surface area contributed by atoms with Gasteiger partial charge in [-0.1, -0.05) is 23.8 Å². The molecule has 13 heavy (non-hydrogen) atoms. The summed E-state index contributed by atoms with van der Waals surface area (Å²) in [6, 6.07) is 0. The molecule has 0 aromatic carbocycles. The van der Waals surface area contributed by atoms with E-state index in [1.54, 1.807) is 6.20 Å². The van der Waals surface area contributed by atoms with Crippen molar-refractivity contribution in [3.63, 3.8) is 0 Å². The van der Waals surface area contributed by atoms with E-state index in [-0.39, 0.29) is 0 Å². The lowest BCUT2D eigenvalue weighted by Gasteiger charge is -2.00. The standard InChI is InChI=1S/C11H12N2/c1-10-3-2-4-11(6-5-10)13-8-7-12-9-13/h3-9H,2H2,1H3. The lowest BCUT2D eigenvalue weighted by molar-refractivity contribution is 1.09. The van der Waals surface area contributed by atoms with Crippen LogP contribution in [0.25, 0.3) is 5.70 Å². The summed E-state index contributed by atoms with van der Waals surface area (Å²) in [4.78, 5) is 4.02. The Bertz CT molecular complexity index is 367. The van der Waals surface area contributed by atoms with Crippen LogP contribution in [0, 0.1) is 0 Å². The number of imidazole rings is 1. The summed E-state index contributed by atoms with van der Waals surface area (Å²) in [6.07, 6.45) is 15.2. The van der Waals surface area contributed by atoms with Gasteiger partial charge in [-0.15, -0.1) is 0 Å². The maximum Gasteiger partial charge on any atom is 0.0991 e. The normalized spacial score (nSPS) is 16.4. The Labute approximate surface area is 77.9 Å². The molecule has 66 valence electrons. The summed E-state index contributed by atoms with van der Waals surface area (Å²) < 4.78 is 2.02. The van der Waals surface area contributed by atoms with Gasteiger partial charge >= 0.3 is 0 Å². The van der Waals surface area contributed by atoms with Gasteiger partial charge in [-0.25, -0.2) is 4.98 Å². The van der Waals surface area contributed by atoms with Gasteiger partial charge in [0.15, 0.2) is 0 Å². The summed E-state index contributed by atoms with van der Waals surface area (Å²) in [5, 5.41) is 0. The predicted octanol–water partition coefficient (Wildman–Crippen LogP) is 2.63. The fraction of sp³-hybridized carbons (Fsp3) is 0.182. The number of allylic oxidation sites excluding steroid dienone is 6.